The van der Waals surface area contributed by atoms with E-state index in [0.29, 0.717) is 24.5 Å². The Hall–Kier alpha value is -0.420. The molecular formula is C16H26BrN3. The number of nitrogens with zero attached hydrogens (tertiary/aromatic N) is 2. The van der Waals surface area contributed by atoms with Gasteiger partial charge in [-0.1, -0.05) is 35.0 Å². The Balaban J connectivity index is 2.18. The molecule has 1 aromatic rings. The molecule has 0 saturated carbocycles. The number of benzene rings is 1. The van der Waals surface area contributed by atoms with Crippen molar-refractivity contribution in [3.63, 3.8) is 0 Å². The van der Waals surface area contributed by atoms with E-state index in [0.717, 1.165) is 17.6 Å². The van der Waals surface area contributed by atoms with Crippen LogP contribution >= 0.6 is 15.9 Å². The van der Waals surface area contributed by atoms with Gasteiger partial charge in [-0.05, 0) is 44.1 Å². The van der Waals surface area contributed by atoms with Crippen molar-refractivity contribution in [2.24, 2.45) is 11.7 Å². The average molecular weight is 340 g/mol. The van der Waals surface area contributed by atoms with Gasteiger partial charge in [0.1, 0.15) is 0 Å². The van der Waals surface area contributed by atoms with Crippen LogP contribution in [0.4, 0.5) is 0 Å². The molecule has 0 amide bonds. The number of hydrogen-bond acceptors (Lipinski definition) is 3. The first-order valence-electron chi connectivity index (χ1n) is 7.30. The summed E-state index contributed by atoms with van der Waals surface area (Å²) in [6.45, 7) is 7.38. The summed E-state index contributed by atoms with van der Waals surface area (Å²) in [4.78, 5) is 4.88. The molecule has 0 spiro atoms. The molecule has 1 aromatic carbocycles. The van der Waals surface area contributed by atoms with E-state index in [-0.39, 0.29) is 0 Å². The molecule has 3 atom stereocenters. The average Bonchev–Trinajstić information content (AvgIpc) is 2.77. The zero-order valence-electron chi connectivity index (χ0n) is 12.9. The van der Waals surface area contributed by atoms with Gasteiger partial charge in [0.2, 0.25) is 0 Å². The molecule has 112 valence electrons. The van der Waals surface area contributed by atoms with Gasteiger partial charge in [0, 0.05) is 36.2 Å². The summed E-state index contributed by atoms with van der Waals surface area (Å²) in [7, 11) is 4.35. The van der Waals surface area contributed by atoms with Crippen LogP contribution in [0.15, 0.2) is 22.7 Å². The van der Waals surface area contributed by atoms with E-state index in [4.69, 9.17) is 5.73 Å². The Morgan fingerprint density at radius 1 is 1.40 bits per heavy atom. The standard InChI is InChI=1S/C16H26BrN3/c1-11-7-13(5-6-14(11)17)15(8-18)20-9-12(2)16(10-20)19(3)4/h5-7,12,15-16H,8-10,18H2,1-4H3. The van der Waals surface area contributed by atoms with Gasteiger partial charge in [0.15, 0.2) is 0 Å². The maximum atomic E-state index is 6.07. The summed E-state index contributed by atoms with van der Waals surface area (Å²) in [5.41, 5.74) is 8.68. The van der Waals surface area contributed by atoms with Crippen LogP contribution in [0.2, 0.25) is 0 Å². The van der Waals surface area contributed by atoms with Crippen molar-refractivity contribution in [3.05, 3.63) is 33.8 Å². The third-order valence-corrected chi connectivity index (χ3v) is 5.38. The first kappa shape index (κ1) is 16.0. The molecule has 1 aliphatic heterocycles. The Bertz CT molecular complexity index is 461. The number of hydrogen-bond donors (Lipinski definition) is 1. The highest BCUT2D eigenvalue weighted by atomic mass is 79.9. The van der Waals surface area contributed by atoms with Crippen LogP contribution in [0.3, 0.4) is 0 Å². The highest BCUT2D eigenvalue weighted by Gasteiger charge is 2.34. The lowest BCUT2D eigenvalue weighted by atomic mass is 10.0. The maximum absolute atomic E-state index is 6.07. The summed E-state index contributed by atoms with van der Waals surface area (Å²) >= 11 is 3.57. The van der Waals surface area contributed by atoms with Crippen molar-refractivity contribution in [1.29, 1.82) is 0 Å². The fourth-order valence-electron chi connectivity index (χ4n) is 3.28. The van der Waals surface area contributed by atoms with Crippen LogP contribution < -0.4 is 5.73 Å². The fraction of sp³-hybridized carbons (Fsp3) is 0.625. The summed E-state index contributed by atoms with van der Waals surface area (Å²) in [5, 5.41) is 0. The monoisotopic (exact) mass is 339 g/mol. The van der Waals surface area contributed by atoms with E-state index in [1.807, 2.05) is 0 Å². The van der Waals surface area contributed by atoms with Gasteiger partial charge in [-0.25, -0.2) is 0 Å². The van der Waals surface area contributed by atoms with E-state index in [9.17, 15) is 0 Å². The van der Waals surface area contributed by atoms with E-state index in [1.54, 1.807) is 0 Å². The van der Waals surface area contributed by atoms with Crippen LogP contribution in [0, 0.1) is 12.8 Å². The van der Waals surface area contributed by atoms with Gasteiger partial charge in [0.25, 0.3) is 0 Å². The SMILES string of the molecule is Cc1cc(C(CN)N2CC(C)C(N(C)C)C2)ccc1Br. The van der Waals surface area contributed by atoms with Crippen molar-refractivity contribution < 1.29 is 0 Å². The number of likely N-dealkylation sites (tertiary alicyclic amines) is 1. The Morgan fingerprint density at radius 2 is 2.10 bits per heavy atom. The molecule has 1 saturated heterocycles. The molecule has 2 rings (SSSR count). The smallest absolute Gasteiger partial charge is 0.0471 e. The van der Waals surface area contributed by atoms with Crippen LogP contribution in [-0.2, 0) is 0 Å². The quantitative estimate of drug-likeness (QED) is 0.915. The molecule has 1 fully saturated rings. The largest absolute Gasteiger partial charge is 0.329 e. The molecule has 0 aromatic heterocycles. The molecule has 3 unspecified atom stereocenters. The molecule has 0 aliphatic carbocycles. The number of rotatable bonds is 4. The van der Waals surface area contributed by atoms with E-state index < -0.39 is 0 Å². The third-order valence-electron chi connectivity index (χ3n) is 4.50. The molecule has 0 radical (unpaired) electrons. The van der Waals surface area contributed by atoms with Crippen LogP contribution in [0.5, 0.6) is 0 Å². The highest BCUT2D eigenvalue weighted by molar-refractivity contribution is 9.10. The number of aryl methyl sites for hydroxylation is 1. The Labute approximate surface area is 131 Å². The second-order valence-electron chi connectivity index (χ2n) is 6.22. The van der Waals surface area contributed by atoms with Gasteiger partial charge in [-0.3, -0.25) is 4.90 Å². The van der Waals surface area contributed by atoms with E-state index in [1.165, 1.54) is 11.1 Å². The zero-order chi connectivity index (χ0) is 14.9. The van der Waals surface area contributed by atoms with Gasteiger partial charge >= 0.3 is 0 Å². The summed E-state index contributed by atoms with van der Waals surface area (Å²) < 4.78 is 1.16. The van der Waals surface area contributed by atoms with Crippen molar-refractivity contribution in [2.75, 3.05) is 33.7 Å². The highest BCUT2D eigenvalue weighted by Crippen LogP contribution is 2.30. The first-order valence-corrected chi connectivity index (χ1v) is 8.10. The van der Waals surface area contributed by atoms with E-state index >= 15 is 0 Å². The molecule has 20 heavy (non-hydrogen) atoms. The normalized spacial score (nSPS) is 25.4. The maximum Gasteiger partial charge on any atom is 0.0471 e. The third kappa shape index (κ3) is 3.25. The van der Waals surface area contributed by atoms with Crippen LogP contribution in [-0.4, -0.2) is 49.6 Å². The predicted molar refractivity (Wildman–Crippen MR) is 88.9 cm³/mol. The van der Waals surface area contributed by atoms with Gasteiger partial charge in [0.05, 0.1) is 0 Å². The topological polar surface area (TPSA) is 32.5 Å². The Morgan fingerprint density at radius 3 is 2.60 bits per heavy atom. The second kappa shape index (κ2) is 6.56. The van der Waals surface area contributed by atoms with Gasteiger partial charge in [-0.15, -0.1) is 0 Å². The van der Waals surface area contributed by atoms with Crippen molar-refractivity contribution >= 4 is 15.9 Å². The van der Waals surface area contributed by atoms with Gasteiger partial charge < -0.3 is 10.6 Å². The minimum Gasteiger partial charge on any atom is -0.329 e. The van der Waals surface area contributed by atoms with Crippen molar-refractivity contribution in [2.45, 2.75) is 25.9 Å². The lowest BCUT2D eigenvalue weighted by Gasteiger charge is -2.28. The summed E-state index contributed by atoms with van der Waals surface area (Å²) in [6, 6.07) is 7.54. The molecule has 1 heterocycles. The number of halogens is 1. The van der Waals surface area contributed by atoms with E-state index in [2.05, 4.69) is 71.9 Å². The lowest BCUT2D eigenvalue weighted by molar-refractivity contribution is 0.219. The molecule has 2 N–H and O–H groups in total. The van der Waals surface area contributed by atoms with Crippen molar-refractivity contribution in [1.82, 2.24) is 9.80 Å². The zero-order valence-corrected chi connectivity index (χ0v) is 14.5. The minimum absolute atomic E-state index is 0.328. The molecular weight excluding hydrogens is 314 g/mol. The lowest BCUT2D eigenvalue weighted by Crippen LogP contribution is -2.36. The number of nitrogens with two attached hydrogens (primary N) is 1. The second-order valence-corrected chi connectivity index (χ2v) is 7.08. The molecule has 3 nitrogen and oxygen atoms in total. The summed E-state index contributed by atoms with van der Waals surface area (Å²) in [6.07, 6.45) is 0. The summed E-state index contributed by atoms with van der Waals surface area (Å²) in [5.74, 6) is 0.690. The molecule has 0 bridgehead atoms. The van der Waals surface area contributed by atoms with Crippen LogP contribution in [0.25, 0.3) is 0 Å². The predicted octanol–water partition coefficient (Wildman–Crippen LogP) is 2.64. The first-order chi connectivity index (χ1) is 9.43. The van der Waals surface area contributed by atoms with Gasteiger partial charge in [-0.2, -0.15) is 0 Å². The Kier molecular flexibility index (Phi) is 5.24. The van der Waals surface area contributed by atoms with Crippen molar-refractivity contribution in [3.8, 4) is 0 Å². The van der Waals surface area contributed by atoms with Crippen LogP contribution in [0.1, 0.15) is 24.1 Å². The fourth-order valence-corrected chi connectivity index (χ4v) is 3.53. The molecule has 4 heteroatoms. The number of likely N-dealkylation sites (N-methyl/N-ethyl adjacent to an activating group) is 1. The minimum atomic E-state index is 0.328. The molecule has 1 aliphatic rings.